The van der Waals surface area contributed by atoms with Gasteiger partial charge in [-0.25, -0.2) is 5.84 Å². The summed E-state index contributed by atoms with van der Waals surface area (Å²) in [5, 5.41) is 5.03. The highest BCUT2D eigenvalue weighted by Crippen LogP contribution is 2.19. The standard InChI is InChI=1S/C12H26N4O2/c1-8(2)16(14)9-5-6-15-7-10(17-3)12(18-4)11(9)13/h8,10,12,15H,5-7,13-14H2,1-4H3/b11-9-. The lowest BCUT2D eigenvalue weighted by Crippen LogP contribution is -2.48. The Morgan fingerprint density at radius 3 is 2.50 bits per heavy atom. The van der Waals surface area contributed by atoms with Crippen LogP contribution in [0.5, 0.6) is 0 Å². The molecule has 1 aliphatic rings. The van der Waals surface area contributed by atoms with Gasteiger partial charge in [-0.2, -0.15) is 0 Å². The Morgan fingerprint density at radius 2 is 2.00 bits per heavy atom. The maximum atomic E-state index is 6.23. The minimum atomic E-state index is -0.275. The molecule has 0 saturated carbocycles. The van der Waals surface area contributed by atoms with Crippen LogP contribution in [0.3, 0.4) is 0 Å². The summed E-state index contributed by atoms with van der Waals surface area (Å²) in [7, 11) is 3.30. The van der Waals surface area contributed by atoms with Gasteiger partial charge in [0, 0.05) is 39.8 Å². The Hall–Kier alpha value is -0.820. The SMILES string of the molecule is COC1CNCC/C(N(N)C(C)C)=C(/N)C1OC. The number of rotatable bonds is 4. The van der Waals surface area contributed by atoms with Crippen molar-refractivity contribution in [1.82, 2.24) is 10.3 Å². The maximum absolute atomic E-state index is 6.23. The van der Waals surface area contributed by atoms with Crippen molar-refractivity contribution in [2.24, 2.45) is 11.6 Å². The zero-order valence-corrected chi connectivity index (χ0v) is 11.8. The van der Waals surface area contributed by atoms with Gasteiger partial charge in [0.25, 0.3) is 0 Å². The normalized spacial score (nSPS) is 30.1. The summed E-state index contributed by atoms with van der Waals surface area (Å²) in [6, 6.07) is 0.191. The second-order valence-corrected chi connectivity index (χ2v) is 4.79. The third-order valence-electron chi connectivity index (χ3n) is 3.29. The fourth-order valence-electron chi connectivity index (χ4n) is 2.14. The van der Waals surface area contributed by atoms with E-state index in [1.165, 1.54) is 0 Å². The topological polar surface area (TPSA) is 85.8 Å². The molecule has 1 rings (SSSR count). The third kappa shape index (κ3) is 3.35. The quantitative estimate of drug-likeness (QED) is 0.477. The number of methoxy groups -OCH3 is 2. The summed E-state index contributed by atoms with van der Waals surface area (Å²) in [6.07, 6.45) is 0.407. The molecule has 1 heterocycles. The fourth-order valence-corrected chi connectivity index (χ4v) is 2.14. The van der Waals surface area contributed by atoms with E-state index >= 15 is 0 Å². The number of nitrogens with zero attached hydrogens (tertiary/aromatic N) is 1. The molecule has 1 aliphatic heterocycles. The summed E-state index contributed by atoms with van der Waals surface area (Å²) >= 11 is 0. The minimum Gasteiger partial charge on any atom is -0.398 e. The molecular weight excluding hydrogens is 232 g/mol. The lowest BCUT2D eigenvalue weighted by atomic mass is 10.0. The number of hydrazine groups is 1. The van der Waals surface area contributed by atoms with Gasteiger partial charge in [-0.05, 0) is 13.8 Å². The zero-order valence-electron chi connectivity index (χ0n) is 11.8. The molecule has 6 heteroatoms. The van der Waals surface area contributed by atoms with Crippen LogP contribution in [0.2, 0.25) is 0 Å². The Labute approximate surface area is 109 Å². The summed E-state index contributed by atoms with van der Waals surface area (Å²) in [5.41, 5.74) is 7.82. The molecule has 5 N–H and O–H groups in total. The number of nitrogens with two attached hydrogens (primary N) is 2. The Kier molecular flexibility index (Phi) is 5.87. The van der Waals surface area contributed by atoms with E-state index in [1.54, 1.807) is 19.2 Å². The van der Waals surface area contributed by atoms with E-state index in [0.717, 1.165) is 25.2 Å². The number of hydrogen-bond acceptors (Lipinski definition) is 6. The molecule has 0 aromatic heterocycles. The van der Waals surface area contributed by atoms with E-state index < -0.39 is 0 Å². The van der Waals surface area contributed by atoms with Gasteiger partial charge in [-0.1, -0.05) is 0 Å². The predicted octanol–water partition coefficient (Wildman–Crippen LogP) is -0.236. The number of nitrogens with one attached hydrogen (secondary N) is 1. The van der Waals surface area contributed by atoms with Crippen LogP contribution in [0.25, 0.3) is 0 Å². The van der Waals surface area contributed by atoms with E-state index in [-0.39, 0.29) is 18.2 Å². The molecule has 0 aliphatic carbocycles. The van der Waals surface area contributed by atoms with Crippen molar-refractivity contribution in [1.29, 1.82) is 0 Å². The van der Waals surface area contributed by atoms with E-state index in [4.69, 9.17) is 21.1 Å². The molecule has 6 nitrogen and oxygen atoms in total. The Bertz CT molecular complexity index is 294. The van der Waals surface area contributed by atoms with Gasteiger partial charge in [-0.3, -0.25) is 0 Å². The van der Waals surface area contributed by atoms with Crippen LogP contribution in [-0.4, -0.2) is 50.6 Å². The van der Waals surface area contributed by atoms with Gasteiger partial charge in [0.05, 0.1) is 11.4 Å². The van der Waals surface area contributed by atoms with Gasteiger partial charge in [-0.15, -0.1) is 0 Å². The van der Waals surface area contributed by atoms with Crippen LogP contribution in [-0.2, 0) is 9.47 Å². The van der Waals surface area contributed by atoms with Crippen LogP contribution in [0.1, 0.15) is 20.3 Å². The van der Waals surface area contributed by atoms with E-state index in [2.05, 4.69) is 5.32 Å². The number of hydrogen-bond donors (Lipinski definition) is 3. The molecule has 106 valence electrons. The van der Waals surface area contributed by atoms with Crippen molar-refractivity contribution in [3.05, 3.63) is 11.4 Å². The largest absolute Gasteiger partial charge is 0.398 e. The molecule has 2 unspecified atom stereocenters. The third-order valence-corrected chi connectivity index (χ3v) is 3.29. The Balaban J connectivity index is 3.05. The fraction of sp³-hybridized carbons (Fsp3) is 0.833. The van der Waals surface area contributed by atoms with Gasteiger partial charge in [0.15, 0.2) is 0 Å². The lowest BCUT2D eigenvalue weighted by molar-refractivity contribution is -0.0198. The molecule has 0 aromatic carbocycles. The van der Waals surface area contributed by atoms with Crippen molar-refractivity contribution in [3.63, 3.8) is 0 Å². The second-order valence-electron chi connectivity index (χ2n) is 4.79. The van der Waals surface area contributed by atoms with Gasteiger partial charge in [0.2, 0.25) is 0 Å². The first-order chi connectivity index (χ1) is 8.52. The average Bonchev–Trinajstić information content (AvgIpc) is 2.33. The monoisotopic (exact) mass is 258 g/mol. The van der Waals surface area contributed by atoms with Crippen LogP contribution >= 0.6 is 0 Å². The smallest absolute Gasteiger partial charge is 0.125 e. The first-order valence-corrected chi connectivity index (χ1v) is 6.31. The van der Waals surface area contributed by atoms with Crippen molar-refractivity contribution in [2.45, 2.75) is 38.5 Å². The minimum absolute atomic E-state index is 0.106. The van der Waals surface area contributed by atoms with Crippen LogP contribution in [0, 0.1) is 0 Å². The van der Waals surface area contributed by atoms with Gasteiger partial charge >= 0.3 is 0 Å². The second kappa shape index (κ2) is 6.94. The molecule has 18 heavy (non-hydrogen) atoms. The zero-order chi connectivity index (χ0) is 13.7. The Morgan fingerprint density at radius 1 is 1.33 bits per heavy atom. The van der Waals surface area contributed by atoms with Crippen LogP contribution in [0.4, 0.5) is 0 Å². The van der Waals surface area contributed by atoms with Gasteiger partial charge < -0.3 is 25.5 Å². The first-order valence-electron chi connectivity index (χ1n) is 6.31. The summed E-state index contributed by atoms with van der Waals surface area (Å²) in [6.45, 7) is 5.60. The van der Waals surface area contributed by atoms with Crippen LogP contribution < -0.4 is 16.9 Å². The average molecular weight is 258 g/mol. The molecule has 0 amide bonds. The van der Waals surface area contributed by atoms with E-state index in [9.17, 15) is 0 Å². The van der Waals surface area contributed by atoms with Crippen molar-refractivity contribution in [2.75, 3.05) is 27.3 Å². The lowest BCUT2D eigenvalue weighted by Gasteiger charge is -2.34. The molecule has 0 bridgehead atoms. The van der Waals surface area contributed by atoms with E-state index in [0.29, 0.717) is 5.70 Å². The first kappa shape index (κ1) is 15.2. The molecule has 0 fully saturated rings. The molecule has 0 radical (unpaired) electrons. The van der Waals surface area contributed by atoms with Gasteiger partial charge in [0.1, 0.15) is 12.2 Å². The molecule has 2 atom stereocenters. The van der Waals surface area contributed by atoms with Crippen LogP contribution in [0.15, 0.2) is 11.4 Å². The highest BCUT2D eigenvalue weighted by molar-refractivity contribution is 5.17. The molecular formula is C12H26N4O2. The summed E-state index contributed by atoms with van der Waals surface area (Å²) in [4.78, 5) is 0. The van der Waals surface area contributed by atoms with Crippen molar-refractivity contribution < 1.29 is 9.47 Å². The summed E-state index contributed by atoms with van der Waals surface area (Å²) < 4.78 is 10.9. The molecule has 0 spiro atoms. The number of ether oxygens (including phenoxy) is 2. The molecule has 0 aromatic rings. The van der Waals surface area contributed by atoms with Crippen molar-refractivity contribution >= 4 is 0 Å². The van der Waals surface area contributed by atoms with Crippen molar-refractivity contribution in [3.8, 4) is 0 Å². The highest BCUT2D eigenvalue weighted by atomic mass is 16.5. The highest BCUT2D eigenvalue weighted by Gasteiger charge is 2.29. The molecule has 0 saturated heterocycles. The summed E-state index contributed by atoms with van der Waals surface area (Å²) in [5.74, 6) is 6.08. The maximum Gasteiger partial charge on any atom is 0.125 e. The van der Waals surface area contributed by atoms with E-state index in [1.807, 2.05) is 13.8 Å². The predicted molar refractivity (Wildman–Crippen MR) is 71.5 cm³/mol.